The molecule has 0 bridgehead atoms. The first kappa shape index (κ1) is 13.3. The summed E-state index contributed by atoms with van der Waals surface area (Å²) in [4.78, 5) is 2.29. The highest BCUT2D eigenvalue weighted by Crippen LogP contribution is 2.37. The normalized spacial score (nSPS) is 32.2. The van der Waals surface area contributed by atoms with Crippen LogP contribution in [-0.2, 0) is 14.6 Å². The zero-order valence-electron chi connectivity index (χ0n) is 10.4. The molecule has 0 spiro atoms. The van der Waals surface area contributed by atoms with Crippen molar-refractivity contribution >= 4 is 9.84 Å². The molecule has 1 aliphatic carbocycles. The van der Waals surface area contributed by atoms with E-state index in [1.165, 1.54) is 0 Å². The minimum absolute atomic E-state index is 0.219. The van der Waals surface area contributed by atoms with Gasteiger partial charge in [-0.15, -0.1) is 0 Å². The summed E-state index contributed by atoms with van der Waals surface area (Å²) >= 11 is 0. The summed E-state index contributed by atoms with van der Waals surface area (Å²) in [6.45, 7) is 1.85. The molecule has 2 aliphatic rings. The van der Waals surface area contributed by atoms with Crippen LogP contribution in [0.3, 0.4) is 0 Å². The second-order valence-electron chi connectivity index (χ2n) is 5.19. The zero-order chi connectivity index (χ0) is 12.5. The van der Waals surface area contributed by atoms with E-state index in [0.717, 1.165) is 19.4 Å². The van der Waals surface area contributed by atoms with E-state index in [-0.39, 0.29) is 17.0 Å². The molecule has 2 rings (SSSR count). The summed E-state index contributed by atoms with van der Waals surface area (Å²) in [5.74, 6) is 0.497. The first-order valence-corrected chi connectivity index (χ1v) is 8.01. The van der Waals surface area contributed by atoms with Crippen molar-refractivity contribution in [3.05, 3.63) is 0 Å². The standard InChI is InChI=1S/C11H22N2O3S/c1-16-6-5-13(10-2-3-10)11(8-12)4-7-17(14,15)9-11/h10H,2-9,12H2,1H3. The quantitative estimate of drug-likeness (QED) is 0.706. The second kappa shape index (κ2) is 4.84. The second-order valence-corrected chi connectivity index (χ2v) is 7.37. The highest BCUT2D eigenvalue weighted by molar-refractivity contribution is 7.91. The summed E-state index contributed by atoms with van der Waals surface area (Å²) in [5.41, 5.74) is 5.55. The number of nitrogens with two attached hydrogens (primary N) is 1. The predicted octanol–water partition coefficient (Wildman–Crippen LogP) is -0.387. The molecule has 17 heavy (non-hydrogen) atoms. The van der Waals surface area contributed by atoms with E-state index in [2.05, 4.69) is 4.90 Å². The van der Waals surface area contributed by atoms with Crippen molar-refractivity contribution in [1.29, 1.82) is 0 Å². The van der Waals surface area contributed by atoms with Crippen LogP contribution in [-0.4, -0.2) is 63.2 Å². The molecule has 5 nitrogen and oxygen atoms in total. The Labute approximate surface area is 103 Å². The lowest BCUT2D eigenvalue weighted by molar-refractivity contribution is 0.0676. The van der Waals surface area contributed by atoms with Gasteiger partial charge in [-0.2, -0.15) is 0 Å². The molecule has 2 N–H and O–H groups in total. The first-order valence-electron chi connectivity index (χ1n) is 6.19. The minimum Gasteiger partial charge on any atom is -0.383 e. The molecular weight excluding hydrogens is 240 g/mol. The van der Waals surface area contributed by atoms with Crippen LogP contribution in [0.2, 0.25) is 0 Å². The van der Waals surface area contributed by atoms with Gasteiger partial charge < -0.3 is 10.5 Å². The Morgan fingerprint density at radius 2 is 2.18 bits per heavy atom. The predicted molar refractivity (Wildman–Crippen MR) is 66.7 cm³/mol. The molecule has 1 atom stereocenters. The molecule has 0 radical (unpaired) electrons. The Morgan fingerprint density at radius 3 is 2.59 bits per heavy atom. The van der Waals surface area contributed by atoms with Crippen molar-refractivity contribution < 1.29 is 13.2 Å². The number of hydrogen-bond acceptors (Lipinski definition) is 5. The number of nitrogens with zero attached hydrogens (tertiary/aromatic N) is 1. The number of sulfone groups is 1. The maximum Gasteiger partial charge on any atom is 0.152 e. The SMILES string of the molecule is COCCN(C1CC1)C1(CN)CCS(=O)(=O)C1. The molecule has 0 aromatic heterocycles. The summed E-state index contributed by atoms with van der Waals surface area (Å²) in [5, 5.41) is 0. The van der Waals surface area contributed by atoms with Crippen molar-refractivity contribution in [2.24, 2.45) is 5.73 Å². The number of hydrogen-bond donors (Lipinski definition) is 1. The Kier molecular flexibility index (Phi) is 3.77. The van der Waals surface area contributed by atoms with Crippen LogP contribution < -0.4 is 5.73 Å². The molecule has 0 amide bonds. The van der Waals surface area contributed by atoms with E-state index in [0.29, 0.717) is 25.6 Å². The first-order chi connectivity index (χ1) is 8.03. The fourth-order valence-electron chi connectivity index (χ4n) is 2.79. The fourth-order valence-corrected chi connectivity index (χ4v) is 4.87. The van der Waals surface area contributed by atoms with Crippen LogP contribution >= 0.6 is 0 Å². The largest absolute Gasteiger partial charge is 0.383 e. The van der Waals surface area contributed by atoms with Crippen LogP contribution in [0.25, 0.3) is 0 Å². The molecule has 1 saturated heterocycles. The van der Waals surface area contributed by atoms with E-state index in [1.807, 2.05) is 0 Å². The van der Waals surface area contributed by atoms with Gasteiger partial charge in [-0.05, 0) is 19.3 Å². The third-order valence-corrected chi connectivity index (χ3v) is 5.68. The minimum atomic E-state index is -2.90. The van der Waals surface area contributed by atoms with Crippen LogP contribution in [0.1, 0.15) is 19.3 Å². The van der Waals surface area contributed by atoms with Gasteiger partial charge in [-0.1, -0.05) is 0 Å². The molecule has 1 unspecified atom stereocenters. The maximum absolute atomic E-state index is 11.7. The average molecular weight is 262 g/mol. The lowest BCUT2D eigenvalue weighted by atomic mass is 9.96. The molecule has 1 saturated carbocycles. The van der Waals surface area contributed by atoms with Crippen LogP contribution in [0.4, 0.5) is 0 Å². The monoisotopic (exact) mass is 262 g/mol. The van der Waals surface area contributed by atoms with E-state index in [1.54, 1.807) is 7.11 Å². The van der Waals surface area contributed by atoms with Crippen LogP contribution in [0, 0.1) is 0 Å². The van der Waals surface area contributed by atoms with Crippen molar-refractivity contribution in [1.82, 2.24) is 4.90 Å². The molecule has 0 aromatic rings. The van der Waals surface area contributed by atoms with Gasteiger partial charge in [0.15, 0.2) is 9.84 Å². The van der Waals surface area contributed by atoms with Crippen molar-refractivity contribution in [2.45, 2.75) is 30.8 Å². The van der Waals surface area contributed by atoms with Gasteiger partial charge in [-0.25, -0.2) is 8.42 Å². The Hall–Kier alpha value is -0.170. The molecule has 6 heteroatoms. The van der Waals surface area contributed by atoms with Crippen LogP contribution in [0.5, 0.6) is 0 Å². The smallest absolute Gasteiger partial charge is 0.152 e. The fraction of sp³-hybridized carbons (Fsp3) is 1.00. The third-order valence-electron chi connectivity index (χ3n) is 3.88. The van der Waals surface area contributed by atoms with E-state index in [4.69, 9.17) is 10.5 Å². The van der Waals surface area contributed by atoms with Gasteiger partial charge in [0, 0.05) is 31.8 Å². The average Bonchev–Trinajstić information content (AvgIpc) is 3.05. The zero-order valence-corrected chi connectivity index (χ0v) is 11.2. The Bertz CT molecular complexity index is 367. The lowest BCUT2D eigenvalue weighted by Crippen LogP contribution is -2.56. The van der Waals surface area contributed by atoms with Gasteiger partial charge in [0.1, 0.15) is 0 Å². The number of rotatable bonds is 6. The molecule has 100 valence electrons. The van der Waals surface area contributed by atoms with Gasteiger partial charge in [-0.3, -0.25) is 4.90 Å². The molecular formula is C11H22N2O3S. The summed E-state index contributed by atoms with van der Waals surface area (Å²) in [6.07, 6.45) is 2.99. The van der Waals surface area contributed by atoms with E-state index >= 15 is 0 Å². The molecule has 0 aromatic carbocycles. The van der Waals surface area contributed by atoms with Crippen molar-refractivity contribution in [3.8, 4) is 0 Å². The molecule has 1 heterocycles. The highest BCUT2D eigenvalue weighted by atomic mass is 32.2. The van der Waals surface area contributed by atoms with Gasteiger partial charge in [0.25, 0.3) is 0 Å². The summed E-state index contributed by atoms with van der Waals surface area (Å²) < 4.78 is 28.5. The van der Waals surface area contributed by atoms with E-state index in [9.17, 15) is 8.42 Å². The van der Waals surface area contributed by atoms with Crippen LogP contribution in [0.15, 0.2) is 0 Å². The lowest BCUT2D eigenvalue weighted by Gasteiger charge is -2.40. The Balaban J connectivity index is 2.14. The summed E-state index contributed by atoms with van der Waals surface area (Å²) in [7, 11) is -1.23. The number of methoxy groups -OCH3 is 1. The maximum atomic E-state index is 11.7. The van der Waals surface area contributed by atoms with Crippen molar-refractivity contribution in [2.75, 3.05) is 38.3 Å². The summed E-state index contributed by atoms with van der Waals surface area (Å²) in [6, 6.07) is 0.516. The Morgan fingerprint density at radius 1 is 1.47 bits per heavy atom. The van der Waals surface area contributed by atoms with Gasteiger partial charge in [0.05, 0.1) is 18.1 Å². The molecule has 1 aliphatic heterocycles. The topological polar surface area (TPSA) is 72.6 Å². The molecule has 2 fully saturated rings. The highest BCUT2D eigenvalue weighted by Gasteiger charge is 2.49. The number of ether oxygens (including phenoxy) is 1. The van der Waals surface area contributed by atoms with Crippen molar-refractivity contribution in [3.63, 3.8) is 0 Å². The third kappa shape index (κ3) is 2.81. The van der Waals surface area contributed by atoms with Gasteiger partial charge >= 0.3 is 0 Å². The van der Waals surface area contributed by atoms with E-state index < -0.39 is 9.84 Å². The van der Waals surface area contributed by atoms with Gasteiger partial charge in [0.2, 0.25) is 0 Å².